The largest absolute Gasteiger partial charge is 0.463 e. The molecule has 1 atom stereocenters. The molecule has 0 spiro atoms. The molecule has 0 radical (unpaired) electrons. The van der Waals surface area contributed by atoms with Crippen molar-refractivity contribution in [2.24, 2.45) is 0 Å². The van der Waals surface area contributed by atoms with Crippen LogP contribution in [-0.4, -0.2) is 23.8 Å². The van der Waals surface area contributed by atoms with Crippen molar-refractivity contribution in [2.45, 2.75) is 32.8 Å². The second kappa shape index (κ2) is 5.77. The van der Waals surface area contributed by atoms with Gasteiger partial charge in [0.25, 0.3) is 0 Å². The first-order valence-corrected chi connectivity index (χ1v) is 4.10. The van der Waals surface area contributed by atoms with Crippen LogP contribution in [0.3, 0.4) is 0 Å². The van der Waals surface area contributed by atoms with Crippen molar-refractivity contribution < 1.29 is 14.6 Å². The van der Waals surface area contributed by atoms with Gasteiger partial charge in [-0.2, -0.15) is 0 Å². The van der Waals surface area contributed by atoms with Crippen LogP contribution < -0.4 is 0 Å². The summed E-state index contributed by atoms with van der Waals surface area (Å²) in [6, 6.07) is 0. The molecule has 0 saturated carbocycles. The van der Waals surface area contributed by atoms with E-state index < -0.39 is 6.10 Å². The number of aliphatic hydroxyl groups excluding tert-OH is 1. The van der Waals surface area contributed by atoms with Gasteiger partial charge in [-0.1, -0.05) is 6.58 Å². The van der Waals surface area contributed by atoms with Gasteiger partial charge in [0.15, 0.2) is 0 Å². The molecule has 0 heterocycles. The van der Waals surface area contributed by atoms with E-state index in [0.717, 1.165) is 0 Å². The van der Waals surface area contributed by atoms with E-state index in [1.807, 2.05) is 0 Å². The van der Waals surface area contributed by atoms with E-state index in [4.69, 9.17) is 9.84 Å². The predicted octanol–water partition coefficient (Wildman–Crippen LogP) is 1.27. The number of rotatable bonds is 5. The Morgan fingerprint density at radius 3 is 2.67 bits per heavy atom. The Balaban J connectivity index is 3.65. The van der Waals surface area contributed by atoms with E-state index in [0.29, 0.717) is 25.0 Å². The maximum absolute atomic E-state index is 11.0. The van der Waals surface area contributed by atoms with Crippen molar-refractivity contribution in [1.29, 1.82) is 0 Å². The average molecular weight is 172 g/mol. The van der Waals surface area contributed by atoms with Gasteiger partial charge in [-0.05, 0) is 26.7 Å². The maximum Gasteiger partial charge on any atom is 0.333 e. The van der Waals surface area contributed by atoms with Gasteiger partial charge in [0.2, 0.25) is 0 Å². The number of carbonyl (C=O) groups excluding carboxylic acids is 1. The highest BCUT2D eigenvalue weighted by atomic mass is 16.5. The van der Waals surface area contributed by atoms with Crippen molar-refractivity contribution in [3.8, 4) is 0 Å². The summed E-state index contributed by atoms with van der Waals surface area (Å²) in [5.74, 6) is -0.363. The smallest absolute Gasteiger partial charge is 0.333 e. The molecule has 1 unspecified atom stereocenters. The lowest BCUT2D eigenvalue weighted by atomic mass is 10.1. The molecule has 3 heteroatoms. The lowest BCUT2D eigenvalue weighted by Gasteiger charge is -2.06. The second-order valence-corrected chi connectivity index (χ2v) is 2.71. The van der Waals surface area contributed by atoms with Crippen LogP contribution in [0.15, 0.2) is 12.2 Å². The van der Waals surface area contributed by atoms with E-state index in [-0.39, 0.29) is 5.97 Å². The molecule has 1 N–H and O–H groups in total. The zero-order valence-corrected chi connectivity index (χ0v) is 7.67. The van der Waals surface area contributed by atoms with Crippen LogP contribution >= 0.6 is 0 Å². The Hall–Kier alpha value is -0.830. The highest BCUT2D eigenvalue weighted by Crippen LogP contribution is 2.06. The Morgan fingerprint density at radius 2 is 2.25 bits per heavy atom. The number of hydrogen-bond acceptors (Lipinski definition) is 3. The van der Waals surface area contributed by atoms with Crippen molar-refractivity contribution in [3.63, 3.8) is 0 Å². The summed E-state index contributed by atoms with van der Waals surface area (Å²) >= 11 is 0. The summed E-state index contributed by atoms with van der Waals surface area (Å²) in [7, 11) is 0. The molecular weight excluding hydrogens is 156 g/mol. The van der Waals surface area contributed by atoms with Crippen LogP contribution in [0.25, 0.3) is 0 Å². The third-order valence-electron chi connectivity index (χ3n) is 1.43. The van der Waals surface area contributed by atoms with E-state index >= 15 is 0 Å². The fourth-order valence-electron chi connectivity index (χ4n) is 0.718. The Bertz CT molecular complexity index is 161. The number of esters is 1. The first-order chi connectivity index (χ1) is 5.57. The molecule has 0 aromatic rings. The van der Waals surface area contributed by atoms with E-state index in [9.17, 15) is 4.79 Å². The third kappa shape index (κ3) is 4.91. The lowest BCUT2D eigenvalue weighted by Crippen LogP contribution is -2.09. The fraction of sp³-hybridized carbons (Fsp3) is 0.667. The average Bonchev–Trinajstić information content (AvgIpc) is 2.00. The molecule has 0 aliphatic carbocycles. The summed E-state index contributed by atoms with van der Waals surface area (Å²) in [4.78, 5) is 11.0. The van der Waals surface area contributed by atoms with E-state index in [1.165, 1.54) is 0 Å². The van der Waals surface area contributed by atoms with Gasteiger partial charge >= 0.3 is 5.97 Å². The van der Waals surface area contributed by atoms with Crippen molar-refractivity contribution >= 4 is 5.97 Å². The van der Waals surface area contributed by atoms with Gasteiger partial charge in [-0.15, -0.1) is 0 Å². The van der Waals surface area contributed by atoms with Crippen LogP contribution in [-0.2, 0) is 9.53 Å². The van der Waals surface area contributed by atoms with Crippen LogP contribution in [0.1, 0.15) is 26.7 Å². The van der Waals surface area contributed by atoms with Gasteiger partial charge in [0.1, 0.15) is 0 Å². The van der Waals surface area contributed by atoms with Crippen molar-refractivity contribution in [1.82, 2.24) is 0 Å². The number of carbonyl (C=O) groups is 1. The zero-order valence-electron chi connectivity index (χ0n) is 7.67. The van der Waals surface area contributed by atoms with E-state index in [2.05, 4.69) is 6.58 Å². The van der Waals surface area contributed by atoms with Crippen molar-refractivity contribution in [2.75, 3.05) is 6.61 Å². The summed E-state index contributed by atoms with van der Waals surface area (Å²) in [6.07, 6.45) is 0.657. The summed E-state index contributed by atoms with van der Waals surface area (Å²) < 4.78 is 4.72. The van der Waals surface area contributed by atoms with Crippen LogP contribution in [0, 0.1) is 0 Å². The highest BCUT2D eigenvalue weighted by molar-refractivity contribution is 5.87. The minimum Gasteiger partial charge on any atom is -0.463 e. The maximum atomic E-state index is 11.0. The molecule has 0 aromatic heterocycles. The predicted molar refractivity (Wildman–Crippen MR) is 46.7 cm³/mol. The van der Waals surface area contributed by atoms with Crippen LogP contribution in [0.2, 0.25) is 0 Å². The molecule has 0 amide bonds. The first kappa shape index (κ1) is 11.2. The molecule has 0 bridgehead atoms. The quantitative estimate of drug-likeness (QED) is 0.501. The number of hydrogen-bond donors (Lipinski definition) is 1. The molecule has 70 valence electrons. The molecule has 0 aromatic carbocycles. The minimum atomic E-state index is -0.392. The molecule has 0 saturated heterocycles. The Morgan fingerprint density at radius 1 is 1.67 bits per heavy atom. The molecule has 0 rings (SSSR count). The van der Waals surface area contributed by atoms with Crippen molar-refractivity contribution in [3.05, 3.63) is 12.2 Å². The second-order valence-electron chi connectivity index (χ2n) is 2.71. The van der Waals surface area contributed by atoms with Crippen LogP contribution in [0.5, 0.6) is 0 Å². The molecule has 0 aliphatic heterocycles. The molecule has 0 aliphatic rings. The van der Waals surface area contributed by atoms with Gasteiger partial charge < -0.3 is 9.84 Å². The highest BCUT2D eigenvalue weighted by Gasteiger charge is 2.08. The third-order valence-corrected chi connectivity index (χ3v) is 1.43. The fourth-order valence-corrected chi connectivity index (χ4v) is 0.718. The van der Waals surface area contributed by atoms with Crippen LogP contribution in [0.4, 0.5) is 0 Å². The SMILES string of the molecule is C=C(CCC(C)O)C(=O)OCC. The van der Waals surface area contributed by atoms with Gasteiger partial charge in [0, 0.05) is 5.57 Å². The normalized spacial score (nSPS) is 12.2. The first-order valence-electron chi connectivity index (χ1n) is 4.10. The van der Waals surface area contributed by atoms with Gasteiger partial charge in [-0.25, -0.2) is 4.79 Å². The number of ether oxygens (including phenoxy) is 1. The molecule has 12 heavy (non-hydrogen) atoms. The minimum absolute atomic E-state index is 0.363. The molecule has 3 nitrogen and oxygen atoms in total. The monoisotopic (exact) mass is 172 g/mol. The number of aliphatic hydroxyl groups is 1. The Kier molecular flexibility index (Phi) is 5.37. The lowest BCUT2D eigenvalue weighted by molar-refractivity contribution is -0.138. The van der Waals surface area contributed by atoms with Gasteiger partial charge in [0.05, 0.1) is 12.7 Å². The van der Waals surface area contributed by atoms with E-state index in [1.54, 1.807) is 13.8 Å². The summed E-state index contributed by atoms with van der Waals surface area (Å²) in [6.45, 7) is 7.36. The summed E-state index contributed by atoms with van der Waals surface area (Å²) in [5.41, 5.74) is 0.428. The standard InChI is InChI=1S/C9H16O3/c1-4-12-9(11)7(2)5-6-8(3)10/h8,10H,2,4-6H2,1,3H3. The Labute approximate surface area is 73.0 Å². The van der Waals surface area contributed by atoms with Gasteiger partial charge in [-0.3, -0.25) is 0 Å². The zero-order chi connectivity index (χ0) is 9.56. The molecule has 0 fully saturated rings. The summed E-state index contributed by atoms with van der Waals surface area (Å²) in [5, 5.41) is 8.92. The molecular formula is C9H16O3. The topological polar surface area (TPSA) is 46.5 Å².